The van der Waals surface area contributed by atoms with E-state index in [1.807, 2.05) is 48.5 Å². The van der Waals surface area contributed by atoms with Gasteiger partial charge in [0.05, 0.1) is 35.1 Å². The Morgan fingerprint density at radius 2 is 1.53 bits per heavy atom. The summed E-state index contributed by atoms with van der Waals surface area (Å²) in [5.41, 5.74) is 16.3. The zero-order chi connectivity index (χ0) is 20.5. The zero-order valence-corrected chi connectivity index (χ0v) is 15.9. The fourth-order valence-electron chi connectivity index (χ4n) is 3.12. The summed E-state index contributed by atoms with van der Waals surface area (Å²) >= 11 is 0. The predicted octanol–water partition coefficient (Wildman–Crippen LogP) is 4.98. The van der Waals surface area contributed by atoms with Crippen LogP contribution in [0.3, 0.4) is 0 Å². The van der Waals surface area contributed by atoms with Gasteiger partial charge < -0.3 is 32.2 Å². The number of nitrogens with one attached hydrogen (secondary N) is 3. The van der Waals surface area contributed by atoms with E-state index < -0.39 is 0 Å². The highest BCUT2D eigenvalue weighted by atomic mass is 16.5. The number of hydrogen-bond acceptors (Lipinski definition) is 8. The molecule has 3 heterocycles. The van der Waals surface area contributed by atoms with Gasteiger partial charge >= 0.3 is 0 Å². The van der Waals surface area contributed by atoms with Crippen molar-refractivity contribution in [2.75, 3.05) is 27.4 Å². The highest BCUT2D eigenvalue weighted by Gasteiger charge is 2.17. The molecule has 1 aliphatic heterocycles. The summed E-state index contributed by atoms with van der Waals surface area (Å²) in [6, 6.07) is 19.0. The number of benzene rings is 2. The smallest absolute Gasteiger partial charge is 0.153 e. The quantitative estimate of drug-likeness (QED) is 0.288. The molecule has 0 saturated heterocycles. The largest absolute Gasteiger partial charge is 0.453 e. The average Bonchev–Trinajstić information content (AvgIpc) is 2.75. The second-order valence-corrected chi connectivity index (χ2v) is 6.85. The molecule has 2 aromatic heterocycles. The monoisotopic (exact) mass is 397 g/mol. The van der Waals surface area contributed by atoms with E-state index in [9.17, 15) is 0 Å². The summed E-state index contributed by atoms with van der Waals surface area (Å²) < 4.78 is 6.10. The summed E-state index contributed by atoms with van der Waals surface area (Å²) in [6.45, 7) is 0. The highest BCUT2D eigenvalue weighted by Crippen LogP contribution is 2.44. The van der Waals surface area contributed by atoms with Gasteiger partial charge in [-0.15, -0.1) is 0 Å². The van der Waals surface area contributed by atoms with Crippen LogP contribution in [0.5, 0.6) is 11.5 Å². The molecule has 0 unspecified atom stereocenters. The lowest BCUT2D eigenvalue weighted by atomic mass is 10.1. The number of rotatable bonds is 4. The summed E-state index contributed by atoms with van der Waals surface area (Å²) in [7, 11) is 0. The van der Waals surface area contributed by atoms with E-state index in [0.29, 0.717) is 17.3 Å². The van der Waals surface area contributed by atoms with Crippen LogP contribution in [0, 0.1) is 0 Å². The van der Waals surface area contributed by atoms with Gasteiger partial charge in [0.1, 0.15) is 11.6 Å². The van der Waals surface area contributed by atoms with Crippen molar-refractivity contribution in [1.29, 1.82) is 0 Å². The number of fused-ring (bicyclic) bond motifs is 2. The third kappa shape index (κ3) is 3.61. The summed E-state index contributed by atoms with van der Waals surface area (Å²) in [5.74, 6) is 2.67. The van der Waals surface area contributed by atoms with Gasteiger partial charge in [-0.1, -0.05) is 0 Å². The van der Waals surface area contributed by atoms with E-state index in [-0.39, 0.29) is 0 Å². The third-order valence-electron chi connectivity index (χ3n) is 4.58. The lowest BCUT2D eigenvalue weighted by Crippen LogP contribution is -2.04. The molecule has 8 heteroatoms. The Kier molecular flexibility index (Phi) is 4.21. The van der Waals surface area contributed by atoms with E-state index >= 15 is 0 Å². The molecule has 0 aliphatic carbocycles. The molecule has 0 radical (unpaired) electrons. The second-order valence-electron chi connectivity index (χ2n) is 6.85. The topological polar surface area (TPSA) is 123 Å². The van der Waals surface area contributed by atoms with Crippen LogP contribution in [-0.2, 0) is 0 Å². The van der Waals surface area contributed by atoms with Gasteiger partial charge in [-0.25, -0.2) is 9.97 Å². The molecule has 8 nitrogen and oxygen atoms in total. The summed E-state index contributed by atoms with van der Waals surface area (Å²) in [4.78, 5) is 8.35. The minimum Gasteiger partial charge on any atom is -0.453 e. The maximum Gasteiger partial charge on any atom is 0.153 e. The number of ether oxygens (including phenoxy) is 1. The number of aromatic nitrogens is 2. The molecule has 0 bridgehead atoms. The Balaban J connectivity index is 1.34. The van der Waals surface area contributed by atoms with Crippen LogP contribution in [0.25, 0.3) is 0 Å². The number of pyridine rings is 2. The lowest BCUT2D eigenvalue weighted by Gasteiger charge is -2.23. The molecule has 1 aliphatic rings. The van der Waals surface area contributed by atoms with Gasteiger partial charge in [-0.05, 0) is 54.6 Å². The van der Waals surface area contributed by atoms with Gasteiger partial charge in [-0.2, -0.15) is 0 Å². The summed E-state index contributed by atoms with van der Waals surface area (Å²) in [6.07, 6.45) is 3.30. The molecular weight excluding hydrogens is 378 g/mol. The third-order valence-corrected chi connectivity index (χ3v) is 4.58. The van der Waals surface area contributed by atoms with Crippen LogP contribution in [-0.4, -0.2) is 9.97 Å². The fourth-order valence-corrected chi connectivity index (χ4v) is 3.12. The first-order valence-corrected chi connectivity index (χ1v) is 9.32. The van der Waals surface area contributed by atoms with Crippen molar-refractivity contribution in [3.8, 4) is 11.5 Å². The van der Waals surface area contributed by atoms with Crippen LogP contribution >= 0.6 is 0 Å². The Bertz CT molecular complexity index is 1110. The number of nitrogens with zero attached hydrogens (tertiary/aromatic N) is 2. The molecule has 0 amide bonds. The van der Waals surface area contributed by atoms with Crippen LogP contribution in [0.15, 0.2) is 73.1 Å². The van der Waals surface area contributed by atoms with Gasteiger partial charge in [0, 0.05) is 17.4 Å². The van der Waals surface area contributed by atoms with Crippen LogP contribution < -0.4 is 32.2 Å². The molecule has 0 atom stereocenters. The van der Waals surface area contributed by atoms with E-state index in [0.717, 1.165) is 39.9 Å². The predicted molar refractivity (Wildman–Crippen MR) is 120 cm³/mol. The van der Waals surface area contributed by atoms with Gasteiger partial charge in [0.2, 0.25) is 0 Å². The Morgan fingerprint density at radius 1 is 0.700 bits per heavy atom. The number of nitrogen functional groups attached to an aromatic ring is 2. The van der Waals surface area contributed by atoms with Gasteiger partial charge in [0.25, 0.3) is 0 Å². The molecule has 0 saturated carbocycles. The minimum atomic E-state index is 0.483. The molecule has 5 rings (SSSR count). The number of anilines is 8. The molecular formula is C22H19N7O. The standard InChI is InChI=1S/C22H19N7O/c23-13-1-8-22(26-11-13)28-14-3-6-19-18(9-14)29-17-5-2-15(10-20(17)30-19)27-16-4-7-21(24)25-12-16/h1-12,27,29H,23H2,(H2,24,25)(H,26,28). The average molecular weight is 397 g/mol. The zero-order valence-electron chi connectivity index (χ0n) is 15.9. The minimum absolute atomic E-state index is 0.483. The first kappa shape index (κ1) is 17.6. The second kappa shape index (κ2) is 7.17. The number of hydrogen-bond donors (Lipinski definition) is 5. The van der Waals surface area contributed by atoms with Gasteiger partial charge in [-0.3, -0.25) is 0 Å². The van der Waals surface area contributed by atoms with E-state index in [2.05, 4.69) is 25.9 Å². The lowest BCUT2D eigenvalue weighted by molar-refractivity contribution is 0.481. The van der Waals surface area contributed by atoms with E-state index in [4.69, 9.17) is 16.2 Å². The maximum atomic E-state index is 6.10. The Labute approximate surface area is 172 Å². The molecule has 7 N–H and O–H groups in total. The van der Waals surface area contributed by atoms with Crippen LogP contribution in [0.4, 0.5) is 45.8 Å². The van der Waals surface area contributed by atoms with Crippen molar-refractivity contribution in [3.05, 3.63) is 73.1 Å². The Hall–Kier alpha value is -4.46. The van der Waals surface area contributed by atoms with Gasteiger partial charge in [0.15, 0.2) is 11.5 Å². The fraction of sp³-hybridized carbons (Fsp3) is 0. The van der Waals surface area contributed by atoms with Crippen molar-refractivity contribution in [1.82, 2.24) is 9.97 Å². The molecule has 4 aromatic rings. The SMILES string of the molecule is Nc1ccc(Nc2ccc3c(c2)Nc2ccc(Nc4ccc(N)nc4)cc2O3)nc1. The number of nitrogens with two attached hydrogens (primary N) is 2. The molecule has 0 fully saturated rings. The van der Waals surface area contributed by atoms with Crippen molar-refractivity contribution < 1.29 is 4.74 Å². The van der Waals surface area contributed by atoms with Crippen molar-refractivity contribution in [3.63, 3.8) is 0 Å². The highest BCUT2D eigenvalue weighted by molar-refractivity contribution is 5.81. The first-order valence-electron chi connectivity index (χ1n) is 9.32. The van der Waals surface area contributed by atoms with Crippen LogP contribution in [0.2, 0.25) is 0 Å². The first-order chi connectivity index (χ1) is 14.6. The molecule has 148 valence electrons. The van der Waals surface area contributed by atoms with Crippen LogP contribution in [0.1, 0.15) is 0 Å². The van der Waals surface area contributed by atoms with Crippen molar-refractivity contribution in [2.24, 2.45) is 0 Å². The Morgan fingerprint density at radius 3 is 2.33 bits per heavy atom. The van der Waals surface area contributed by atoms with E-state index in [1.54, 1.807) is 24.5 Å². The molecule has 0 spiro atoms. The molecule has 2 aromatic carbocycles. The molecule has 30 heavy (non-hydrogen) atoms. The van der Waals surface area contributed by atoms with E-state index in [1.165, 1.54) is 0 Å². The van der Waals surface area contributed by atoms with Crippen molar-refractivity contribution in [2.45, 2.75) is 0 Å². The summed E-state index contributed by atoms with van der Waals surface area (Å²) in [5, 5.41) is 9.96. The van der Waals surface area contributed by atoms with Crippen molar-refractivity contribution >= 4 is 45.8 Å². The maximum absolute atomic E-state index is 6.10. The normalized spacial score (nSPS) is 11.5.